The van der Waals surface area contributed by atoms with Crippen LogP contribution in [0.15, 0.2) is 30.5 Å². The van der Waals surface area contributed by atoms with E-state index in [2.05, 4.69) is 53.3 Å². The summed E-state index contributed by atoms with van der Waals surface area (Å²) in [7, 11) is 0. The fraction of sp³-hybridized carbons (Fsp3) is 0.526. The molecule has 24 heavy (non-hydrogen) atoms. The van der Waals surface area contributed by atoms with Crippen LogP contribution in [0.1, 0.15) is 48.1 Å². The molecule has 1 saturated heterocycles. The van der Waals surface area contributed by atoms with Gasteiger partial charge in [0, 0.05) is 42.3 Å². The number of likely N-dealkylation sites (tertiary alicyclic amines) is 1. The highest BCUT2D eigenvalue weighted by atomic mass is 32.1. The van der Waals surface area contributed by atoms with Gasteiger partial charge >= 0.3 is 0 Å². The normalized spacial score (nSPS) is 16.7. The minimum atomic E-state index is -0.115. The van der Waals surface area contributed by atoms with Gasteiger partial charge in [0.25, 0.3) is 0 Å². The minimum absolute atomic E-state index is 0.115. The van der Waals surface area contributed by atoms with Crippen molar-refractivity contribution in [1.29, 1.82) is 0 Å². The van der Waals surface area contributed by atoms with Crippen LogP contribution in [-0.2, 0) is 13.1 Å². The maximum absolute atomic E-state index is 9.66. The molecule has 0 bridgehead atoms. The number of benzene rings is 1. The van der Waals surface area contributed by atoms with Crippen LogP contribution in [0.4, 0.5) is 5.69 Å². The van der Waals surface area contributed by atoms with Gasteiger partial charge < -0.3 is 10.4 Å². The molecule has 1 aromatic heterocycles. The van der Waals surface area contributed by atoms with Gasteiger partial charge in [-0.1, -0.05) is 32.0 Å². The Morgan fingerprint density at radius 1 is 1.29 bits per heavy atom. The largest absolute Gasteiger partial charge is 0.393 e. The highest BCUT2D eigenvalue weighted by Crippen LogP contribution is 2.24. The van der Waals surface area contributed by atoms with Gasteiger partial charge in [0.2, 0.25) is 0 Å². The van der Waals surface area contributed by atoms with Crippen molar-refractivity contribution >= 4 is 17.0 Å². The third-order valence-electron chi connectivity index (χ3n) is 4.49. The first-order valence-corrected chi connectivity index (χ1v) is 9.60. The van der Waals surface area contributed by atoms with Gasteiger partial charge in [-0.2, -0.15) is 0 Å². The van der Waals surface area contributed by atoms with E-state index < -0.39 is 0 Å². The van der Waals surface area contributed by atoms with E-state index in [1.54, 1.807) is 11.3 Å². The minimum Gasteiger partial charge on any atom is -0.393 e. The highest BCUT2D eigenvalue weighted by Gasteiger charge is 2.17. The number of aliphatic hydroxyl groups is 1. The summed E-state index contributed by atoms with van der Waals surface area (Å²) in [6, 6.07) is 8.53. The maximum Gasteiger partial charge on any atom is 0.0953 e. The van der Waals surface area contributed by atoms with Crippen molar-refractivity contribution in [2.75, 3.05) is 18.4 Å². The number of hydrogen-bond donors (Lipinski definition) is 2. The van der Waals surface area contributed by atoms with E-state index in [0.29, 0.717) is 5.92 Å². The standard InChI is InChI=1S/C19H27N3OS/c1-14(2)19-21-12-17(24-19)11-20-18-6-4-3-5-15(18)13-22-9-7-16(23)8-10-22/h3-6,12,14,16,20,23H,7-11,13H2,1-2H3. The first kappa shape index (κ1) is 17.4. The van der Waals surface area contributed by atoms with Crippen molar-refractivity contribution in [2.24, 2.45) is 0 Å². The molecule has 0 amide bonds. The molecule has 0 saturated carbocycles. The zero-order valence-corrected chi connectivity index (χ0v) is 15.4. The molecule has 0 unspecified atom stereocenters. The van der Waals surface area contributed by atoms with Crippen molar-refractivity contribution in [3.63, 3.8) is 0 Å². The topological polar surface area (TPSA) is 48.4 Å². The first-order chi connectivity index (χ1) is 11.6. The van der Waals surface area contributed by atoms with Crippen LogP contribution in [0.2, 0.25) is 0 Å². The van der Waals surface area contributed by atoms with Crippen LogP contribution in [0.5, 0.6) is 0 Å². The summed E-state index contributed by atoms with van der Waals surface area (Å²) in [4.78, 5) is 8.20. The molecule has 1 aliphatic heterocycles. The molecule has 0 atom stereocenters. The molecule has 4 nitrogen and oxygen atoms in total. The fourth-order valence-electron chi connectivity index (χ4n) is 3.00. The van der Waals surface area contributed by atoms with Gasteiger partial charge in [0.15, 0.2) is 0 Å². The predicted octanol–water partition coefficient (Wildman–Crippen LogP) is 3.84. The van der Waals surface area contributed by atoms with Gasteiger partial charge in [-0.05, 0) is 24.5 Å². The number of para-hydroxylation sites is 1. The Morgan fingerprint density at radius 2 is 2.04 bits per heavy atom. The average Bonchev–Trinajstić information content (AvgIpc) is 3.05. The number of piperidine rings is 1. The fourth-order valence-corrected chi connectivity index (χ4v) is 3.86. The maximum atomic E-state index is 9.66. The quantitative estimate of drug-likeness (QED) is 0.835. The Balaban J connectivity index is 1.61. The number of hydrogen-bond acceptors (Lipinski definition) is 5. The van der Waals surface area contributed by atoms with Crippen LogP contribution < -0.4 is 5.32 Å². The van der Waals surface area contributed by atoms with Crippen molar-refractivity contribution in [2.45, 2.75) is 51.8 Å². The zero-order valence-electron chi connectivity index (χ0n) is 14.5. The van der Waals surface area contributed by atoms with Gasteiger partial charge in [-0.15, -0.1) is 11.3 Å². The Labute approximate surface area is 148 Å². The zero-order chi connectivity index (χ0) is 16.9. The number of anilines is 1. The van der Waals surface area contributed by atoms with E-state index in [-0.39, 0.29) is 6.10 Å². The summed E-state index contributed by atoms with van der Waals surface area (Å²) in [6.07, 6.45) is 3.64. The molecular weight excluding hydrogens is 318 g/mol. The van der Waals surface area contributed by atoms with Crippen LogP contribution in [0.3, 0.4) is 0 Å². The van der Waals surface area contributed by atoms with Crippen LogP contribution in [-0.4, -0.2) is 34.2 Å². The molecule has 0 aliphatic carbocycles. The molecule has 0 spiro atoms. The Bertz CT molecular complexity index is 648. The summed E-state index contributed by atoms with van der Waals surface area (Å²) >= 11 is 1.79. The molecule has 2 N–H and O–H groups in total. The molecule has 0 radical (unpaired) electrons. The second-order valence-electron chi connectivity index (χ2n) is 6.84. The van der Waals surface area contributed by atoms with Crippen molar-refractivity contribution in [3.8, 4) is 0 Å². The molecule has 1 aliphatic rings. The van der Waals surface area contributed by atoms with E-state index in [0.717, 1.165) is 39.0 Å². The molecule has 3 rings (SSSR count). The van der Waals surface area contributed by atoms with Crippen molar-refractivity contribution in [1.82, 2.24) is 9.88 Å². The predicted molar refractivity (Wildman–Crippen MR) is 100 cm³/mol. The van der Waals surface area contributed by atoms with Crippen molar-refractivity contribution < 1.29 is 5.11 Å². The lowest BCUT2D eigenvalue weighted by Crippen LogP contribution is -2.35. The molecule has 130 valence electrons. The average molecular weight is 346 g/mol. The van der Waals surface area contributed by atoms with Gasteiger partial charge in [-0.25, -0.2) is 4.98 Å². The summed E-state index contributed by atoms with van der Waals surface area (Å²) in [5.41, 5.74) is 2.52. The number of nitrogens with zero attached hydrogens (tertiary/aromatic N) is 2. The SMILES string of the molecule is CC(C)c1ncc(CNc2ccccc2CN2CCC(O)CC2)s1. The van der Waals surface area contributed by atoms with Crippen LogP contribution >= 0.6 is 11.3 Å². The number of thiazole rings is 1. The van der Waals surface area contributed by atoms with E-state index in [1.165, 1.54) is 21.1 Å². The molecule has 2 aromatic rings. The number of nitrogens with one attached hydrogen (secondary N) is 1. The van der Waals surface area contributed by atoms with Gasteiger partial charge in [-0.3, -0.25) is 4.90 Å². The number of rotatable bonds is 6. The molecule has 1 aromatic carbocycles. The number of aromatic nitrogens is 1. The lowest BCUT2D eigenvalue weighted by atomic mass is 10.1. The Morgan fingerprint density at radius 3 is 2.75 bits per heavy atom. The van der Waals surface area contributed by atoms with Crippen molar-refractivity contribution in [3.05, 3.63) is 45.9 Å². The van der Waals surface area contributed by atoms with E-state index in [4.69, 9.17) is 0 Å². The molecule has 1 fully saturated rings. The first-order valence-electron chi connectivity index (χ1n) is 8.78. The monoisotopic (exact) mass is 345 g/mol. The van der Waals surface area contributed by atoms with E-state index >= 15 is 0 Å². The summed E-state index contributed by atoms with van der Waals surface area (Å²) in [5.74, 6) is 0.491. The highest BCUT2D eigenvalue weighted by molar-refractivity contribution is 7.11. The second-order valence-corrected chi connectivity index (χ2v) is 7.98. The van der Waals surface area contributed by atoms with E-state index in [9.17, 15) is 5.11 Å². The van der Waals surface area contributed by atoms with E-state index in [1.807, 2.05) is 6.20 Å². The molecular formula is C19H27N3OS. The molecule has 5 heteroatoms. The summed E-state index contributed by atoms with van der Waals surface area (Å²) < 4.78 is 0. The number of aliphatic hydroxyl groups excluding tert-OH is 1. The third-order valence-corrected chi connectivity index (χ3v) is 5.78. The van der Waals surface area contributed by atoms with Crippen LogP contribution in [0, 0.1) is 0 Å². The summed E-state index contributed by atoms with van der Waals surface area (Å²) in [6.45, 7) is 8.07. The lowest BCUT2D eigenvalue weighted by Gasteiger charge is -2.30. The lowest BCUT2D eigenvalue weighted by molar-refractivity contribution is 0.0793. The summed E-state index contributed by atoms with van der Waals surface area (Å²) in [5, 5.41) is 14.4. The smallest absolute Gasteiger partial charge is 0.0953 e. The van der Waals surface area contributed by atoms with Gasteiger partial charge in [0.05, 0.1) is 17.7 Å². The Kier molecular flexibility index (Phi) is 5.87. The third kappa shape index (κ3) is 4.56. The Hall–Kier alpha value is -1.43. The second kappa shape index (κ2) is 8.10. The van der Waals surface area contributed by atoms with Crippen LogP contribution in [0.25, 0.3) is 0 Å². The molecule has 2 heterocycles. The van der Waals surface area contributed by atoms with Gasteiger partial charge in [0.1, 0.15) is 0 Å².